The Morgan fingerprint density at radius 1 is 1.22 bits per heavy atom. The molecule has 0 aromatic heterocycles. The first-order valence-electron chi connectivity index (χ1n) is 7.78. The average molecular weight is 248 g/mol. The summed E-state index contributed by atoms with van der Waals surface area (Å²) in [6.45, 7) is 8.91. The summed E-state index contributed by atoms with van der Waals surface area (Å²) in [6.07, 6.45) is 13.1. The van der Waals surface area contributed by atoms with Crippen molar-refractivity contribution in [3.05, 3.63) is 12.2 Å². The molecule has 0 radical (unpaired) electrons. The second-order valence-electron chi connectivity index (χ2n) is 7.27. The van der Waals surface area contributed by atoms with E-state index in [2.05, 4.69) is 29.3 Å². The third kappa shape index (κ3) is 2.65. The molecule has 0 aromatic rings. The highest BCUT2D eigenvalue weighted by Crippen LogP contribution is 2.41. The van der Waals surface area contributed by atoms with E-state index in [0.717, 1.165) is 0 Å². The van der Waals surface area contributed by atoms with Crippen LogP contribution in [-0.4, -0.2) is 37.6 Å². The molecule has 0 saturated carbocycles. The number of allylic oxidation sites excluding steroid dienone is 2. The molecule has 1 aliphatic carbocycles. The third-order valence-corrected chi connectivity index (χ3v) is 5.36. The zero-order chi connectivity index (χ0) is 12.5. The van der Waals surface area contributed by atoms with Crippen LogP contribution in [0.5, 0.6) is 0 Å². The Kier molecular flexibility index (Phi) is 3.50. The predicted molar refractivity (Wildman–Crippen MR) is 76.7 cm³/mol. The molecule has 2 fully saturated rings. The summed E-state index contributed by atoms with van der Waals surface area (Å²) in [5, 5.41) is 3.54. The van der Waals surface area contributed by atoms with Crippen LogP contribution in [0.25, 0.3) is 0 Å². The average Bonchev–Trinajstić information content (AvgIpc) is 2.77. The Labute approximate surface area is 112 Å². The van der Waals surface area contributed by atoms with Gasteiger partial charge in [0.2, 0.25) is 0 Å². The largest absolute Gasteiger partial charge is 0.316 e. The molecule has 1 N–H and O–H groups in total. The van der Waals surface area contributed by atoms with E-state index in [9.17, 15) is 0 Å². The first-order valence-corrected chi connectivity index (χ1v) is 7.78. The maximum atomic E-state index is 3.54. The third-order valence-electron chi connectivity index (χ3n) is 5.36. The van der Waals surface area contributed by atoms with Crippen molar-refractivity contribution in [3.8, 4) is 0 Å². The van der Waals surface area contributed by atoms with Crippen molar-refractivity contribution in [3.63, 3.8) is 0 Å². The van der Waals surface area contributed by atoms with Gasteiger partial charge in [0.05, 0.1) is 0 Å². The van der Waals surface area contributed by atoms with E-state index in [1.165, 1.54) is 71.2 Å². The lowest BCUT2D eigenvalue weighted by atomic mass is 9.71. The minimum absolute atomic E-state index is 0.531. The van der Waals surface area contributed by atoms with Gasteiger partial charge in [0, 0.05) is 19.6 Å². The molecule has 0 amide bonds. The monoisotopic (exact) mass is 248 g/mol. The Hall–Kier alpha value is -0.340. The Morgan fingerprint density at radius 3 is 2.89 bits per heavy atom. The lowest BCUT2D eigenvalue weighted by molar-refractivity contribution is 0.0528. The van der Waals surface area contributed by atoms with Crippen LogP contribution < -0.4 is 5.32 Å². The molecule has 3 rings (SSSR count). The molecular weight excluding hydrogens is 220 g/mol. The number of hydrogen-bond donors (Lipinski definition) is 1. The van der Waals surface area contributed by atoms with Gasteiger partial charge in [-0.25, -0.2) is 0 Å². The molecule has 2 saturated heterocycles. The maximum Gasteiger partial charge on any atom is 0.00482 e. The predicted octanol–water partition coefficient (Wildman–Crippen LogP) is 2.81. The number of piperidine rings is 1. The van der Waals surface area contributed by atoms with Crippen LogP contribution in [-0.2, 0) is 0 Å². The molecule has 2 aliphatic heterocycles. The molecule has 18 heavy (non-hydrogen) atoms. The number of hydrogen-bond acceptors (Lipinski definition) is 2. The Bertz CT molecular complexity index is 317. The van der Waals surface area contributed by atoms with Gasteiger partial charge in [-0.2, -0.15) is 0 Å². The normalized spacial score (nSPS) is 41.6. The van der Waals surface area contributed by atoms with Gasteiger partial charge in [-0.1, -0.05) is 19.1 Å². The van der Waals surface area contributed by atoms with Gasteiger partial charge in [0.25, 0.3) is 0 Å². The maximum absolute atomic E-state index is 3.54. The quantitative estimate of drug-likeness (QED) is 0.756. The SMILES string of the molecule is CC1(CN2CCCC3(CC=CCC3)C2)CCNC1. The van der Waals surface area contributed by atoms with Crippen LogP contribution in [0.1, 0.15) is 45.4 Å². The summed E-state index contributed by atoms with van der Waals surface area (Å²) in [5.74, 6) is 0. The van der Waals surface area contributed by atoms with Crippen molar-refractivity contribution >= 4 is 0 Å². The highest BCUT2D eigenvalue weighted by atomic mass is 15.2. The molecule has 1 spiro atoms. The van der Waals surface area contributed by atoms with Crippen molar-refractivity contribution in [2.24, 2.45) is 10.8 Å². The number of nitrogens with zero attached hydrogens (tertiary/aromatic N) is 1. The molecular formula is C16H28N2. The molecule has 2 heterocycles. The molecule has 2 unspecified atom stereocenters. The molecule has 3 aliphatic rings. The van der Waals surface area contributed by atoms with Gasteiger partial charge in [-0.3, -0.25) is 0 Å². The first kappa shape index (κ1) is 12.7. The zero-order valence-corrected chi connectivity index (χ0v) is 11.9. The summed E-state index contributed by atoms with van der Waals surface area (Å²) >= 11 is 0. The van der Waals surface area contributed by atoms with Crippen molar-refractivity contribution in [1.29, 1.82) is 0 Å². The van der Waals surface area contributed by atoms with Crippen LogP contribution in [0.2, 0.25) is 0 Å². The van der Waals surface area contributed by atoms with Crippen molar-refractivity contribution in [1.82, 2.24) is 10.2 Å². The van der Waals surface area contributed by atoms with Gasteiger partial charge in [0.15, 0.2) is 0 Å². The Morgan fingerprint density at radius 2 is 2.17 bits per heavy atom. The molecule has 2 nitrogen and oxygen atoms in total. The molecule has 2 atom stereocenters. The molecule has 0 aromatic carbocycles. The summed E-state index contributed by atoms with van der Waals surface area (Å²) in [6, 6.07) is 0. The Balaban J connectivity index is 1.61. The fourth-order valence-corrected chi connectivity index (χ4v) is 4.30. The first-order chi connectivity index (χ1) is 8.70. The van der Waals surface area contributed by atoms with Gasteiger partial charge in [-0.15, -0.1) is 0 Å². The van der Waals surface area contributed by atoms with E-state index >= 15 is 0 Å². The lowest BCUT2D eigenvalue weighted by Crippen LogP contribution is -2.47. The van der Waals surface area contributed by atoms with E-state index in [0.29, 0.717) is 10.8 Å². The summed E-state index contributed by atoms with van der Waals surface area (Å²) < 4.78 is 0. The highest BCUT2D eigenvalue weighted by Gasteiger charge is 2.38. The van der Waals surface area contributed by atoms with Crippen LogP contribution in [0.3, 0.4) is 0 Å². The molecule has 2 heteroatoms. The van der Waals surface area contributed by atoms with Crippen molar-refractivity contribution < 1.29 is 0 Å². The molecule has 0 bridgehead atoms. The fourth-order valence-electron chi connectivity index (χ4n) is 4.30. The van der Waals surface area contributed by atoms with E-state index in [4.69, 9.17) is 0 Å². The van der Waals surface area contributed by atoms with Crippen LogP contribution in [0.15, 0.2) is 12.2 Å². The van der Waals surface area contributed by atoms with E-state index in [1.807, 2.05) is 0 Å². The van der Waals surface area contributed by atoms with Crippen molar-refractivity contribution in [2.75, 3.05) is 32.7 Å². The lowest BCUT2D eigenvalue weighted by Gasteiger charge is -2.46. The number of nitrogens with one attached hydrogen (secondary N) is 1. The number of rotatable bonds is 2. The fraction of sp³-hybridized carbons (Fsp3) is 0.875. The standard InChI is InChI=1S/C16H28N2/c1-15(9-10-17-12-15)13-18-11-5-8-16(14-18)6-3-2-4-7-16/h2-3,17H,4-14H2,1H3. The molecule has 102 valence electrons. The van der Waals surface area contributed by atoms with Gasteiger partial charge >= 0.3 is 0 Å². The second kappa shape index (κ2) is 4.97. The van der Waals surface area contributed by atoms with E-state index < -0.39 is 0 Å². The zero-order valence-electron chi connectivity index (χ0n) is 11.9. The summed E-state index contributed by atoms with van der Waals surface area (Å²) in [7, 11) is 0. The van der Waals surface area contributed by atoms with Crippen molar-refractivity contribution in [2.45, 2.75) is 45.4 Å². The van der Waals surface area contributed by atoms with Gasteiger partial charge < -0.3 is 10.2 Å². The number of likely N-dealkylation sites (tertiary alicyclic amines) is 1. The van der Waals surface area contributed by atoms with E-state index in [1.54, 1.807) is 0 Å². The second-order valence-corrected chi connectivity index (χ2v) is 7.27. The smallest absolute Gasteiger partial charge is 0.00482 e. The van der Waals surface area contributed by atoms with Gasteiger partial charge in [0.1, 0.15) is 0 Å². The van der Waals surface area contributed by atoms with Crippen LogP contribution in [0.4, 0.5) is 0 Å². The van der Waals surface area contributed by atoms with E-state index in [-0.39, 0.29) is 0 Å². The summed E-state index contributed by atoms with van der Waals surface area (Å²) in [4.78, 5) is 2.77. The van der Waals surface area contributed by atoms with Gasteiger partial charge in [-0.05, 0) is 62.4 Å². The summed E-state index contributed by atoms with van der Waals surface area (Å²) in [5.41, 5.74) is 1.17. The minimum atomic E-state index is 0.531. The van der Waals surface area contributed by atoms with Crippen LogP contribution in [0, 0.1) is 10.8 Å². The minimum Gasteiger partial charge on any atom is -0.316 e. The van der Waals surface area contributed by atoms with Crippen LogP contribution >= 0.6 is 0 Å². The highest BCUT2D eigenvalue weighted by molar-refractivity contribution is 5.01. The topological polar surface area (TPSA) is 15.3 Å².